The van der Waals surface area contributed by atoms with E-state index >= 15 is 0 Å². The fourth-order valence-corrected chi connectivity index (χ4v) is 3.74. The monoisotopic (exact) mass is 392 g/mol. The number of hydrogen-bond acceptors (Lipinski definition) is 2. The molecule has 29 heavy (non-hydrogen) atoms. The zero-order valence-corrected chi connectivity index (χ0v) is 17.3. The fraction of sp³-hybridized carbons (Fsp3) is 0.440. The summed E-state index contributed by atoms with van der Waals surface area (Å²) in [4.78, 5) is 24.6. The van der Waals surface area contributed by atoms with E-state index in [1.54, 1.807) is 12.1 Å². The summed E-state index contributed by atoms with van der Waals surface area (Å²) in [6.45, 7) is 2.24. The highest BCUT2D eigenvalue weighted by Gasteiger charge is 2.42. The third kappa shape index (κ3) is 6.74. The fourth-order valence-electron chi connectivity index (χ4n) is 3.74. The van der Waals surface area contributed by atoms with E-state index in [1.165, 1.54) is 44.9 Å². The van der Waals surface area contributed by atoms with Gasteiger partial charge in [0.1, 0.15) is 0 Å². The molecule has 0 unspecified atom stereocenters. The summed E-state index contributed by atoms with van der Waals surface area (Å²) in [5.74, 6) is 0.716. The molecule has 2 aromatic rings. The molecule has 0 radical (unpaired) electrons. The number of amides is 2. The number of nitrogens with one attached hydrogen (secondary N) is 2. The molecule has 154 valence electrons. The Bertz CT molecular complexity index is 786. The van der Waals surface area contributed by atoms with Gasteiger partial charge in [-0.15, -0.1) is 0 Å². The van der Waals surface area contributed by atoms with Gasteiger partial charge in [-0.1, -0.05) is 63.6 Å². The molecule has 4 nitrogen and oxygen atoms in total. The Labute approximate surface area is 174 Å². The molecule has 1 aliphatic rings. The number of anilines is 2. The molecule has 2 amide bonds. The van der Waals surface area contributed by atoms with Gasteiger partial charge in [0.2, 0.25) is 5.91 Å². The quantitative estimate of drug-likeness (QED) is 0.443. The number of carbonyl (C=O) groups excluding carboxylic acids is 2. The summed E-state index contributed by atoms with van der Waals surface area (Å²) in [5.41, 5.74) is 2.11. The van der Waals surface area contributed by atoms with E-state index in [-0.39, 0.29) is 17.7 Å². The van der Waals surface area contributed by atoms with Crippen LogP contribution in [0.5, 0.6) is 0 Å². The molecule has 2 N–H and O–H groups in total. The average Bonchev–Trinajstić information content (AvgIpc) is 3.52. The molecule has 1 fully saturated rings. The molecule has 0 heterocycles. The molecule has 0 aliphatic heterocycles. The van der Waals surface area contributed by atoms with Crippen molar-refractivity contribution in [3.63, 3.8) is 0 Å². The summed E-state index contributed by atoms with van der Waals surface area (Å²) >= 11 is 0. The summed E-state index contributed by atoms with van der Waals surface area (Å²) < 4.78 is 0. The molecule has 2 atom stereocenters. The smallest absolute Gasteiger partial charge is 0.255 e. The Hall–Kier alpha value is -2.62. The highest BCUT2D eigenvalue weighted by atomic mass is 16.2. The van der Waals surface area contributed by atoms with Crippen molar-refractivity contribution in [1.29, 1.82) is 0 Å². The first-order valence-electron chi connectivity index (χ1n) is 10.9. The van der Waals surface area contributed by atoms with Crippen LogP contribution in [0, 0.1) is 11.8 Å². The van der Waals surface area contributed by atoms with Crippen LogP contribution in [0.4, 0.5) is 11.4 Å². The van der Waals surface area contributed by atoms with Crippen LogP contribution in [0.2, 0.25) is 0 Å². The molecular formula is C25H32N2O2. The molecule has 1 saturated carbocycles. The van der Waals surface area contributed by atoms with Gasteiger partial charge in [0, 0.05) is 22.9 Å². The molecule has 4 heteroatoms. The van der Waals surface area contributed by atoms with Gasteiger partial charge in [0.25, 0.3) is 5.91 Å². The third-order valence-corrected chi connectivity index (χ3v) is 5.63. The van der Waals surface area contributed by atoms with Crippen LogP contribution in [0.25, 0.3) is 0 Å². The molecule has 3 rings (SSSR count). The average molecular weight is 393 g/mol. The standard InChI is InChI=1S/C25H32N2O2/c1-2-3-4-5-6-8-13-20-18-23(20)25(29)27-22-16-14-21(15-17-22)26-24(28)19-11-9-7-10-12-19/h7,9-12,14-17,20,23H,2-6,8,13,18H2,1H3,(H,26,28)(H,27,29)/t20-,23+/m1/s1. The predicted octanol–water partition coefficient (Wildman–Crippen LogP) is 6.26. The van der Waals surface area contributed by atoms with E-state index < -0.39 is 0 Å². The molecule has 2 aromatic carbocycles. The van der Waals surface area contributed by atoms with Crippen LogP contribution in [-0.2, 0) is 4.79 Å². The van der Waals surface area contributed by atoms with Gasteiger partial charge in [-0.05, 0) is 55.2 Å². The first kappa shape index (κ1) is 21.1. The normalized spacial score (nSPS) is 17.6. The Morgan fingerprint density at radius 2 is 1.45 bits per heavy atom. The molecule has 0 aromatic heterocycles. The van der Waals surface area contributed by atoms with Gasteiger partial charge in [-0.25, -0.2) is 0 Å². The van der Waals surface area contributed by atoms with E-state index in [0.717, 1.165) is 12.1 Å². The lowest BCUT2D eigenvalue weighted by Crippen LogP contribution is -2.15. The van der Waals surface area contributed by atoms with E-state index in [0.29, 0.717) is 17.2 Å². The van der Waals surface area contributed by atoms with Crippen molar-refractivity contribution in [1.82, 2.24) is 0 Å². The zero-order chi connectivity index (χ0) is 20.5. The van der Waals surface area contributed by atoms with Gasteiger partial charge >= 0.3 is 0 Å². The second kappa shape index (κ2) is 10.8. The SMILES string of the molecule is CCCCCCCC[C@@H]1C[C@@H]1C(=O)Nc1ccc(NC(=O)c2ccccc2)cc1. The van der Waals surface area contributed by atoms with Gasteiger partial charge in [-0.3, -0.25) is 9.59 Å². The lowest BCUT2D eigenvalue weighted by Gasteiger charge is -2.08. The minimum Gasteiger partial charge on any atom is -0.326 e. The van der Waals surface area contributed by atoms with Crippen LogP contribution in [-0.4, -0.2) is 11.8 Å². The highest BCUT2D eigenvalue weighted by Crippen LogP contribution is 2.43. The largest absolute Gasteiger partial charge is 0.326 e. The summed E-state index contributed by atoms with van der Waals surface area (Å²) in [6, 6.07) is 16.4. The third-order valence-electron chi connectivity index (χ3n) is 5.63. The van der Waals surface area contributed by atoms with Crippen molar-refractivity contribution < 1.29 is 9.59 Å². The van der Waals surface area contributed by atoms with Crippen molar-refractivity contribution in [3.05, 3.63) is 60.2 Å². The lowest BCUT2D eigenvalue weighted by atomic mass is 10.1. The second-order valence-electron chi connectivity index (χ2n) is 8.05. The Morgan fingerprint density at radius 1 is 0.828 bits per heavy atom. The van der Waals surface area contributed by atoms with E-state index in [1.807, 2.05) is 42.5 Å². The van der Waals surface area contributed by atoms with Gasteiger partial charge < -0.3 is 10.6 Å². The van der Waals surface area contributed by atoms with Crippen molar-refractivity contribution in [2.45, 2.75) is 58.3 Å². The topological polar surface area (TPSA) is 58.2 Å². The minimum atomic E-state index is -0.141. The van der Waals surface area contributed by atoms with Crippen LogP contribution < -0.4 is 10.6 Å². The summed E-state index contributed by atoms with van der Waals surface area (Å²) in [6.07, 6.45) is 10.0. The van der Waals surface area contributed by atoms with E-state index in [9.17, 15) is 9.59 Å². The van der Waals surface area contributed by atoms with Crippen molar-refractivity contribution in [3.8, 4) is 0 Å². The predicted molar refractivity (Wildman–Crippen MR) is 119 cm³/mol. The molecule has 0 spiro atoms. The van der Waals surface area contributed by atoms with Crippen LogP contribution in [0.1, 0.15) is 68.6 Å². The zero-order valence-electron chi connectivity index (χ0n) is 17.3. The van der Waals surface area contributed by atoms with Crippen molar-refractivity contribution in [2.24, 2.45) is 11.8 Å². The number of unbranched alkanes of at least 4 members (excludes halogenated alkanes) is 5. The summed E-state index contributed by atoms with van der Waals surface area (Å²) in [5, 5.41) is 5.88. The Kier molecular flexibility index (Phi) is 7.85. The Balaban J connectivity index is 1.38. The molecule has 1 aliphatic carbocycles. The first-order chi connectivity index (χ1) is 14.2. The first-order valence-corrected chi connectivity index (χ1v) is 10.9. The van der Waals surface area contributed by atoms with Crippen molar-refractivity contribution >= 4 is 23.2 Å². The van der Waals surface area contributed by atoms with Gasteiger partial charge in [0.15, 0.2) is 0 Å². The van der Waals surface area contributed by atoms with E-state index in [4.69, 9.17) is 0 Å². The molecular weight excluding hydrogens is 360 g/mol. The van der Waals surface area contributed by atoms with Crippen LogP contribution in [0.15, 0.2) is 54.6 Å². The maximum Gasteiger partial charge on any atom is 0.255 e. The number of rotatable bonds is 11. The Morgan fingerprint density at radius 3 is 2.14 bits per heavy atom. The van der Waals surface area contributed by atoms with Crippen molar-refractivity contribution in [2.75, 3.05) is 10.6 Å². The molecule has 0 bridgehead atoms. The molecule has 0 saturated heterocycles. The van der Waals surface area contributed by atoms with E-state index in [2.05, 4.69) is 17.6 Å². The second-order valence-corrected chi connectivity index (χ2v) is 8.05. The minimum absolute atomic E-state index is 0.127. The lowest BCUT2D eigenvalue weighted by molar-refractivity contribution is -0.117. The maximum absolute atomic E-state index is 12.4. The highest BCUT2D eigenvalue weighted by molar-refractivity contribution is 6.04. The van der Waals surface area contributed by atoms with Crippen LogP contribution >= 0.6 is 0 Å². The maximum atomic E-state index is 12.4. The summed E-state index contributed by atoms with van der Waals surface area (Å²) in [7, 11) is 0. The van der Waals surface area contributed by atoms with Gasteiger partial charge in [-0.2, -0.15) is 0 Å². The number of benzene rings is 2. The van der Waals surface area contributed by atoms with Crippen LogP contribution in [0.3, 0.4) is 0 Å². The number of carbonyl (C=O) groups is 2. The number of hydrogen-bond donors (Lipinski definition) is 2. The van der Waals surface area contributed by atoms with Gasteiger partial charge in [0.05, 0.1) is 0 Å².